The van der Waals surface area contributed by atoms with E-state index in [1.807, 2.05) is 0 Å². The molecule has 0 bridgehead atoms. The molecule has 11 heteroatoms. The summed E-state index contributed by atoms with van der Waals surface area (Å²) in [6.07, 6.45) is -0.00838. The smallest absolute Gasteiger partial charge is 0.408 e. The summed E-state index contributed by atoms with van der Waals surface area (Å²) in [5, 5.41) is 4.54. The van der Waals surface area contributed by atoms with E-state index >= 15 is 0 Å². The van der Waals surface area contributed by atoms with Gasteiger partial charge in [0.25, 0.3) is 0 Å². The van der Waals surface area contributed by atoms with E-state index in [2.05, 4.69) is 10.6 Å². The number of amides is 2. The first kappa shape index (κ1) is 28.8. The summed E-state index contributed by atoms with van der Waals surface area (Å²) >= 11 is 0.946. The lowest BCUT2D eigenvalue weighted by atomic mass is 10.1. The Morgan fingerprint density at radius 2 is 1.45 bits per heavy atom. The van der Waals surface area contributed by atoms with Crippen LogP contribution in [-0.4, -0.2) is 59.8 Å². The first-order valence-electron chi connectivity index (χ1n) is 10.2. The fraction of sp³-hybridized carbons (Fsp3) is 0.800. The average molecular weight is 465 g/mol. The molecule has 0 saturated carbocycles. The summed E-state index contributed by atoms with van der Waals surface area (Å²) in [6, 6.07) is -0.992. The zero-order valence-electron chi connectivity index (χ0n) is 19.5. The molecule has 0 spiro atoms. The monoisotopic (exact) mass is 464 g/mol. The Morgan fingerprint density at radius 3 is 2.00 bits per heavy atom. The second-order valence-electron chi connectivity index (χ2n) is 8.53. The number of alkyl carbamates (subject to hydrolysis) is 2. The normalized spacial score (nSPS) is 12.4. The van der Waals surface area contributed by atoms with Crippen molar-refractivity contribution in [1.29, 1.82) is 0 Å². The van der Waals surface area contributed by atoms with Gasteiger partial charge in [-0.2, -0.15) is 0 Å². The maximum atomic E-state index is 12.3. The molecule has 2 N–H and O–H groups in total. The van der Waals surface area contributed by atoms with E-state index in [1.165, 1.54) is 0 Å². The van der Waals surface area contributed by atoms with Crippen LogP contribution in [0.2, 0.25) is 0 Å². The van der Waals surface area contributed by atoms with E-state index in [4.69, 9.17) is 18.9 Å². The molecule has 0 fully saturated rings. The highest BCUT2D eigenvalue weighted by molar-refractivity contribution is 8.13. The summed E-state index contributed by atoms with van der Waals surface area (Å²) in [5.41, 5.74) is -1.32. The molecule has 0 rings (SSSR count). The van der Waals surface area contributed by atoms with Crippen LogP contribution in [0.4, 0.5) is 14.4 Å². The highest BCUT2D eigenvalue weighted by atomic mass is 32.2. The van der Waals surface area contributed by atoms with E-state index < -0.39 is 47.5 Å². The number of rotatable bonds is 10. The third-order valence-electron chi connectivity index (χ3n) is 3.20. The number of hydrogen-bond donors (Lipinski definition) is 2. The lowest BCUT2D eigenvalue weighted by Crippen LogP contribution is -2.44. The van der Waals surface area contributed by atoms with Gasteiger partial charge in [0.15, 0.2) is 0 Å². The van der Waals surface area contributed by atoms with Crippen LogP contribution in [0.5, 0.6) is 0 Å². The Morgan fingerprint density at radius 1 is 0.871 bits per heavy atom. The maximum Gasteiger partial charge on any atom is 0.408 e. The fourth-order valence-electron chi connectivity index (χ4n) is 2.07. The number of carbonyl (C=O) groups is 4. The summed E-state index contributed by atoms with van der Waals surface area (Å²) in [7, 11) is 0. The Labute approximate surface area is 188 Å². The number of ether oxygens (including phenoxy) is 4. The SMILES string of the molecule is CCSC(=O)OCOC(=O)[C@H](CCCCNC(=O)OC(C)(C)C)NC(=O)OC(C)(C)C. The van der Waals surface area contributed by atoms with Gasteiger partial charge in [-0.15, -0.1) is 0 Å². The van der Waals surface area contributed by atoms with Crippen LogP contribution in [0.15, 0.2) is 0 Å². The Bertz CT molecular complexity index is 599. The zero-order chi connectivity index (χ0) is 24.1. The predicted octanol–water partition coefficient (Wildman–Crippen LogP) is 3.97. The van der Waals surface area contributed by atoms with Crippen molar-refractivity contribution in [1.82, 2.24) is 10.6 Å². The molecule has 0 aromatic rings. The van der Waals surface area contributed by atoms with Gasteiger partial charge in [0.2, 0.25) is 6.79 Å². The highest BCUT2D eigenvalue weighted by Crippen LogP contribution is 2.10. The number of thioether (sulfide) groups is 1. The summed E-state index contributed by atoms with van der Waals surface area (Å²) in [5.74, 6) is -0.215. The standard InChI is InChI=1S/C20H36N2O8S/c1-8-31-18(26)28-13-27-15(23)14(22-17(25)30-20(5,6)7)11-9-10-12-21-16(24)29-19(2,3)4/h14H,8-13H2,1-7H3,(H,21,24)(H,22,25)/t14-/m0/s1. The number of carbonyl (C=O) groups excluding carboxylic acids is 4. The first-order valence-corrected chi connectivity index (χ1v) is 11.1. The number of esters is 1. The Balaban J connectivity index is 4.59. The molecule has 0 radical (unpaired) electrons. The maximum absolute atomic E-state index is 12.3. The molecule has 0 heterocycles. The van der Waals surface area contributed by atoms with Crippen LogP contribution in [0.1, 0.15) is 67.7 Å². The van der Waals surface area contributed by atoms with Crippen LogP contribution < -0.4 is 10.6 Å². The molecule has 180 valence electrons. The van der Waals surface area contributed by atoms with Crippen LogP contribution in [-0.2, 0) is 23.7 Å². The lowest BCUT2D eigenvalue weighted by molar-refractivity contribution is -0.154. The van der Waals surface area contributed by atoms with Crippen molar-refractivity contribution in [3.63, 3.8) is 0 Å². The molecule has 0 aromatic carbocycles. The zero-order valence-corrected chi connectivity index (χ0v) is 20.3. The van der Waals surface area contributed by atoms with E-state index in [-0.39, 0.29) is 6.42 Å². The lowest BCUT2D eigenvalue weighted by Gasteiger charge is -2.23. The van der Waals surface area contributed by atoms with E-state index in [9.17, 15) is 19.2 Å². The number of nitrogens with one attached hydrogen (secondary N) is 2. The molecule has 10 nitrogen and oxygen atoms in total. The molecule has 0 saturated heterocycles. The minimum Gasteiger partial charge on any atom is -0.444 e. The third-order valence-corrected chi connectivity index (χ3v) is 3.85. The molecule has 0 aromatic heterocycles. The van der Waals surface area contributed by atoms with E-state index in [0.29, 0.717) is 25.1 Å². The van der Waals surface area contributed by atoms with Crippen LogP contribution in [0.3, 0.4) is 0 Å². The van der Waals surface area contributed by atoms with Crippen molar-refractivity contribution >= 4 is 35.2 Å². The van der Waals surface area contributed by atoms with E-state index in [0.717, 1.165) is 11.8 Å². The second kappa shape index (κ2) is 14.0. The summed E-state index contributed by atoms with van der Waals surface area (Å²) < 4.78 is 20.0. The molecule has 31 heavy (non-hydrogen) atoms. The molecular formula is C20H36N2O8S. The fourth-order valence-corrected chi connectivity index (χ4v) is 2.44. The number of unbranched alkanes of at least 4 members (excludes halogenated alkanes) is 1. The van der Waals surface area contributed by atoms with Gasteiger partial charge >= 0.3 is 23.5 Å². The topological polar surface area (TPSA) is 129 Å². The second-order valence-corrected chi connectivity index (χ2v) is 9.73. The van der Waals surface area contributed by atoms with Crippen molar-refractivity contribution in [3.05, 3.63) is 0 Å². The minimum absolute atomic E-state index is 0.242. The Hall–Kier alpha value is -2.17. The Kier molecular flexibility index (Phi) is 13.0. The first-order chi connectivity index (χ1) is 14.2. The molecule has 0 aliphatic rings. The van der Waals surface area contributed by atoms with Gasteiger partial charge in [-0.1, -0.05) is 6.92 Å². The van der Waals surface area contributed by atoms with Gasteiger partial charge in [0.05, 0.1) is 0 Å². The average Bonchev–Trinajstić information content (AvgIpc) is 2.57. The highest BCUT2D eigenvalue weighted by Gasteiger charge is 2.25. The van der Waals surface area contributed by atoms with E-state index in [1.54, 1.807) is 48.5 Å². The third kappa shape index (κ3) is 17.2. The molecule has 0 unspecified atom stereocenters. The van der Waals surface area contributed by atoms with Crippen molar-refractivity contribution < 1.29 is 38.1 Å². The quantitative estimate of drug-likeness (QED) is 0.213. The van der Waals surface area contributed by atoms with Gasteiger partial charge in [-0.05, 0) is 72.6 Å². The van der Waals surface area contributed by atoms with Gasteiger partial charge in [0, 0.05) is 12.3 Å². The van der Waals surface area contributed by atoms with Gasteiger partial charge in [-0.25, -0.2) is 19.2 Å². The van der Waals surface area contributed by atoms with Gasteiger partial charge in [0.1, 0.15) is 17.2 Å². The summed E-state index contributed by atoms with van der Waals surface area (Å²) in [4.78, 5) is 47.3. The van der Waals surface area contributed by atoms with Crippen molar-refractivity contribution in [2.75, 3.05) is 19.1 Å². The van der Waals surface area contributed by atoms with Crippen LogP contribution in [0, 0.1) is 0 Å². The van der Waals surface area contributed by atoms with Gasteiger partial charge < -0.3 is 29.6 Å². The minimum atomic E-state index is -0.992. The van der Waals surface area contributed by atoms with Crippen LogP contribution >= 0.6 is 11.8 Å². The van der Waals surface area contributed by atoms with Crippen molar-refractivity contribution in [2.24, 2.45) is 0 Å². The molecular weight excluding hydrogens is 428 g/mol. The molecule has 0 aliphatic carbocycles. The molecule has 0 aliphatic heterocycles. The molecule has 2 amide bonds. The van der Waals surface area contributed by atoms with Gasteiger partial charge in [-0.3, -0.25) is 0 Å². The predicted molar refractivity (Wildman–Crippen MR) is 117 cm³/mol. The summed E-state index contributed by atoms with van der Waals surface area (Å²) in [6.45, 7) is 12.0. The number of hydrogen-bond acceptors (Lipinski definition) is 9. The van der Waals surface area contributed by atoms with Crippen molar-refractivity contribution in [3.8, 4) is 0 Å². The largest absolute Gasteiger partial charge is 0.444 e. The van der Waals surface area contributed by atoms with Crippen LogP contribution in [0.25, 0.3) is 0 Å². The van der Waals surface area contributed by atoms with Crippen molar-refractivity contribution in [2.45, 2.75) is 85.0 Å². The molecule has 1 atom stereocenters.